The first kappa shape index (κ1) is 23.0. The minimum absolute atomic E-state index is 0.0937. The van der Waals surface area contributed by atoms with Gasteiger partial charge in [-0.2, -0.15) is 5.26 Å². The molecule has 2 aromatic rings. The molecule has 0 aliphatic carbocycles. The quantitative estimate of drug-likeness (QED) is 0.606. The molecule has 9 nitrogen and oxygen atoms in total. The van der Waals surface area contributed by atoms with E-state index in [1.54, 1.807) is 25.4 Å². The highest BCUT2D eigenvalue weighted by molar-refractivity contribution is 5.82. The number of benzene rings is 1. The van der Waals surface area contributed by atoms with Gasteiger partial charge in [-0.05, 0) is 18.2 Å². The summed E-state index contributed by atoms with van der Waals surface area (Å²) in [5.41, 5.74) is 1.36. The number of ether oxygens (including phenoxy) is 1. The Bertz CT molecular complexity index is 982. The monoisotopic (exact) mass is 437 g/mol. The zero-order valence-electron chi connectivity index (χ0n) is 18.0. The number of carboxylic acids is 1. The maximum Gasteiger partial charge on any atom is 0.308 e. The lowest BCUT2D eigenvalue weighted by atomic mass is 10.0. The number of amides is 1. The molecule has 1 amide bonds. The third-order valence-corrected chi connectivity index (χ3v) is 5.51. The van der Waals surface area contributed by atoms with Crippen LogP contribution in [-0.4, -0.2) is 66.7 Å². The van der Waals surface area contributed by atoms with Crippen LogP contribution in [0.4, 0.5) is 5.82 Å². The van der Waals surface area contributed by atoms with Gasteiger partial charge in [0.1, 0.15) is 17.6 Å². The number of hydrogen-bond acceptors (Lipinski definition) is 7. The maximum atomic E-state index is 12.4. The molecule has 1 atom stereocenters. The van der Waals surface area contributed by atoms with Crippen LogP contribution in [0.3, 0.4) is 0 Å². The average Bonchev–Trinajstić information content (AvgIpc) is 2.82. The molecule has 0 spiro atoms. The van der Waals surface area contributed by atoms with Crippen LogP contribution >= 0.6 is 0 Å². The number of nitriles is 1. The Hall–Kier alpha value is -3.64. The lowest BCUT2D eigenvalue weighted by Gasteiger charge is -2.36. The van der Waals surface area contributed by atoms with Crippen molar-refractivity contribution in [2.75, 3.05) is 44.7 Å². The molecular formula is C23H27N5O4. The van der Waals surface area contributed by atoms with E-state index in [0.717, 1.165) is 5.56 Å². The number of rotatable bonds is 9. The number of piperazine rings is 1. The molecule has 0 unspecified atom stereocenters. The van der Waals surface area contributed by atoms with Crippen molar-refractivity contribution in [1.29, 1.82) is 5.26 Å². The number of carbonyl (C=O) groups excluding carboxylic acids is 1. The molecule has 2 heterocycles. The third-order valence-electron chi connectivity index (χ3n) is 5.51. The van der Waals surface area contributed by atoms with Crippen molar-refractivity contribution in [3.05, 3.63) is 53.7 Å². The molecule has 0 radical (unpaired) electrons. The van der Waals surface area contributed by atoms with E-state index in [1.807, 2.05) is 34.1 Å². The van der Waals surface area contributed by atoms with Gasteiger partial charge in [0.25, 0.3) is 0 Å². The number of pyridine rings is 1. The molecule has 1 aliphatic rings. The van der Waals surface area contributed by atoms with Gasteiger partial charge >= 0.3 is 5.97 Å². The van der Waals surface area contributed by atoms with Crippen molar-refractivity contribution in [1.82, 2.24) is 15.2 Å². The van der Waals surface area contributed by atoms with Crippen molar-refractivity contribution in [3.8, 4) is 11.8 Å². The summed E-state index contributed by atoms with van der Waals surface area (Å²) in [4.78, 5) is 32.6. The van der Waals surface area contributed by atoms with Crippen LogP contribution in [0, 0.1) is 17.2 Å². The van der Waals surface area contributed by atoms with Gasteiger partial charge in [0, 0.05) is 57.4 Å². The fraction of sp³-hybridized carbons (Fsp3) is 0.391. The highest BCUT2D eigenvalue weighted by Crippen LogP contribution is 2.19. The fourth-order valence-corrected chi connectivity index (χ4v) is 3.76. The van der Waals surface area contributed by atoms with Crippen molar-refractivity contribution in [2.45, 2.75) is 13.0 Å². The molecule has 1 aromatic heterocycles. The van der Waals surface area contributed by atoms with Crippen LogP contribution < -0.4 is 15.0 Å². The Morgan fingerprint density at radius 3 is 2.66 bits per heavy atom. The Labute approximate surface area is 187 Å². The van der Waals surface area contributed by atoms with E-state index < -0.39 is 11.9 Å². The number of carbonyl (C=O) groups is 2. The van der Waals surface area contributed by atoms with Gasteiger partial charge in [0.05, 0.1) is 18.6 Å². The first-order valence-electron chi connectivity index (χ1n) is 10.5. The van der Waals surface area contributed by atoms with E-state index in [1.165, 1.54) is 0 Å². The van der Waals surface area contributed by atoms with Gasteiger partial charge in [0.15, 0.2) is 0 Å². The van der Waals surface area contributed by atoms with Crippen molar-refractivity contribution < 1.29 is 19.4 Å². The van der Waals surface area contributed by atoms with Gasteiger partial charge in [-0.1, -0.05) is 18.2 Å². The summed E-state index contributed by atoms with van der Waals surface area (Å²) < 4.78 is 5.27. The zero-order chi connectivity index (χ0) is 22.9. The number of anilines is 1. The summed E-state index contributed by atoms with van der Waals surface area (Å²) >= 11 is 0. The summed E-state index contributed by atoms with van der Waals surface area (Å²) in [7, 11) is 1.57. The van der Waals surface area contributed by atoms with Crippen molar-refractivity contribution in [3.63, 3.8) is 0 Å². The van der Waals surface area contributed by atoms with Crippen LogP contribution in [-0.2, 0) is 16.1 Å². The lowest BCUT2D eigenvalue weighted by molar-refractivity contribution is -0.144. The zero-order valence-corrected chi connectivity index (χ0v) is 18.0. The van der Waals surface area contributed by atoms with Crippen molar-refractivity contribution in [2.24, 2.45) is 5.92 Å². The van der Waals surface area contributed by atoms with E-state index in [-0.39, 0.29) is 18.9 Å². The first-order valence-corrected chi connectivity index (χ1v) is 10.5. The number of para-hydroxylation sites is 1. The predicted octanol–water partition coefficient (Wildman–Crippen LogP) is 1.49. The standard InChI is InChI=1S/C23H27N5O4/c1-32-20-7-3-2-5-18(20)15-26-21(29)13-19(23(30)31)16-27-9-11-28(12-10-27)22-17(14-24)6-4-8-25-22/h2-8,19H,9-13,15-16H2,1H3,(H,26,29)(H,30,31)/t19-/m0/s1. The Morgan fingerprint density at radius 1 is 1.22 bits per heavy atom. The van der Waals surface area contributed by atoms with E-state index in [0.29, 0.717) is 49.9 Å². The summed E-state index contributed by atoms with van der Waals surface area (Å²) in [6.07, 6.45) is 1.57. The number of carboxylic acid groups (broad SMARTS) is 1. The van der Waals surface area contributed by atoms with Gasteiger partial charge in [-0.15, -0.1) is 0 Å². The highest BCUT2D eigenvalue weighted by Gasteiger charge is 2.27. The molecule has 2 N–H and O–H groups in total. The molecular weight excluding hydrogens is 410 g/mol. The molecule has 168 valence electrons. The Morgan fingerprint density at radius 2 is 1.97 bits per heavy atom. The fourth-order valence-electron chi connectivity index (χ4n) is 3.76. The molecule has 1 fully saturated rings. The molecule has 3 rings (SSSR count). The van der Waals surface area contributed by atoms with Crippen LogP contribution in [0.15, 0.2) is 42.6 Å². The van der Waals surface area contributed by atoms with Gasteiger partial charge in [0.2, 0.25) is 5.91 Å². The minimum atomic E-state index is -0.989. The van der Waals surface area contributed by atoms with Crippen molar-refractivity contribution >= 4 is 17.7 Å². The SMILES string of the molecule is COc1ccccc1CNC(=O)C[C@@H](CN1CCN(c2ncccc2C#N)CC1)C(=O)O. The molecule has 9 heteroatoms. The molecule has 1 saturated heterocycles. The highest BCUT2D eigenvalue weighted by atomic mass is 16.5. The van der Waals surface area contributed by atoms with E-state index in [9.17, 15) is 20.0 Å². The molecule has 1 aliphatic heterocycles. The second-order valence-electron chi connectivity index (χ2n) is 7.60. The topological polar surface area (TPSA) is 119 Å². The number of methoxy groups -OCH3 is 1. The average molecular weight is 438 g/mol. The number of aliphatic carboxylic acids is 1. The van der Waals surface area contributed by atoms with Gasteiger partial charge in [-0.3, -0.25) is 14.5 Å². The number of nitrogens with one attached hydrogen (secondary N) is 1. The summed E-state index contributed by atoms with van der Waals surface area (Å²) in [6.45, 7) is 3.11. The van der Waals surface area contributed by atoms with E-state index >= 15 is 0 Å². The normalized spacial score (nSPS) is 14.9. The van der Waals surface area contributed by atoms with E-state index in [4.69, 9.17) is 4.74 Å². The molecule has 1 aromatic carbocycles. The third kappa shape index (κ3) is 5.95. The molecule has 32 heavy (non-hydrogen) atoms. The smallest absolute Gasteiger partial charge is 0.308 e. The van der Waals surface area contributed by atoms with Crippen LogP contribution in [0.2, 0.25) is 0 Å². The largest absolute Gasteiger partial charge is 0.496 e. The predicted molar refractivity (Wildman–Crippen MR) is 118 cm³/mol. The van der Waals surface area contributed by atoms with Crippen LogP contribution in [0.25, 0.3) is 0 Å². The van der Waals surface area contributed by atoms with Crippen LogP contribution in [0.1, 0.15) is 17.5 Å². The minimum Gasteiger partial charge on any atom is -0.496 e. The van der Waals surface area contributed by atoms with E-state index in [2.05, 4.69) is 16.4 Å². The molecule has 0 bridgehead atoms. The second kappa shape index (κ2) is 11.1. The van der Waals surface area contributed by atoms with Crippen LogP contribution in [0.5, 0.6) is 5.75 Å². The summed E-state index contributed by atoms with van der Waals surface area (Å²) in [5, 5.41) is 21.7. The Balaban J connectivity index is 1.51. The Kier molecular flexibility index (Phi) is 8.00. The number of hydrogen-bond donors (Lipinski definition) is 2. The second-order valence-corrected chi connectivity index (χ2v) is 7.60. The lowest BCUT2D eigenvalue weighted by Crippen LogP contribution is -2.49. The van der Waals surface area contributed by atoms with Gasteiger partial charge < -0.3 is 20.1 Å². The maximum absolute atomic E-state index is 12.4. The summed E-state index contributed by atoms with van der Waals surface area (Å²) in [5.74, 6) is -0.776. The van der Waals surface area contributed by atoms with Gasteiger partial charge in [-0.25, -0.2) is 4.98 Å². The number of aromatic nitrogens is 1. The number of nitrogens with zero attached hydrogens (tertiary/aromatic N) is 4. The summed E-state index contributed by atoms with van der Waals surface area (Å²) in [6, 6.07) is 13.0. The first-order chi connectivity index (χ1) is 15.5. The molecule has 0 saturated carbocycles.